The predicted octanol–water partition coefficient (Wildman–Crippen LogP) is 1.59. The van der Waals surface area contributed by atoms with E-state index in [1.165, 1.54) is 6.33 Å². The van der Waals surface area contributed by atoms with E-state index < -0.39 is 0 Å². The number of rotatable bonds is 4. The van der Waals surface area contributed by atoms with Crippen molar-refractivity contribution in [1.82, 2.24) is 9.97 Å². The zero-order valence-electron chi connectivity index (χ0n) is 8.38. The Kier molecular flexibility index (Phi) is 4.62. The molecular weight excluding hydrogens is 305 g/mol. The van der Waals surface area contributed by atoms with E-state index in [0.717, 1.165) is 6.42 Å². The van der Waals surface area contributed by atoms with Gasteiger partial charge >= 0.3 is 0 Å². The molecule has 1 rings (SSSR count). The van der Waals surface area contributed by atoms with Crippen LogP contribution in [0.15, 0.2) is 11.1 Å². The molecule has 0 bridgehead atoms. The van der Waals surface area contributed by atoms with Gasteiger partial charge in [0.05, 0.1) is 6.33 Å². The molecule has 0 aliphatic rings. The molecule has 0 aliphatic heterocycles. The molecule has 0 saturated heterocycles. The number of halogens is 1. The summed E-state index contributed by atoms with van der Waals surface area (Å²) in [6.45, 7) is 2.04. The Bertz CT molecular complexity index is 421. The van der Waals surface area contributed by atoms with Gasteiger partial charge in [0, 0.05) is 12.5 Å². The maximum Gasteiger partial charge on any atom is 0.266 e. The highest BCUT2D eigenvalue weighted by atomic mass is 127. The molecule has 1 heterocycles. The predicted molar refractivity (Wildman–Crippen MR) is 68.7 cm³/mol. The van der Waals surface area contributed by atoms with Crippen LogP contribution < -0.4 is 10.9 Å². The van der Waals surface area contributed by atoms with Crippen molar-refractivity contribution in [2.45, 2.75) is 25.8 Å². The van der Waals surface area contributed by atoms with Crippen LogP contribution in [0.4, 0.5) is 5.82 Å². The first-order valence-corrected chi connectivity index (χ1v) is 5.70. The molecule has 0 saturated carbocycles. The van der Waals surface area contributed by atoms with Gasteiger partial charge in [0.1, 0.15) is 9.39 Å². The molecule has 0 amide bonds. The van der Waals surface area contributed by atoms with Crippen molar-refractivity contribution in [1.29, 1.82) is 0 Å². The van der Waals surface area contributed by atoms with Crippen molar-refractivity contribution < 1.29 is 0 Å². The number of nitrogens with zero attached hydrogens (tertiary/aromatic N) is 1. The van der Waals surface area contributed by atoms with E-state index in [1.54, 1.807) is 0 Å². The molecule has 0 aliphatic carbocycles. The van der Waals surface area contributed by atoms with Crippen LogP contribution in [-0.2, 0) is 0 Å². The highest BCUT2D eigenvalue weighted by molar-refractivity contribution is 14.1. The van der Waals surface area contributed by atoms with Crippen LogP contribution in [0.5, 0.6) is 0 Å². The Morgan fingerprint density at radius 3 is 3.13 bits per heavy atom. The third kappa shape index (κ3) is 3.23. The number of hydrogen-bond donors (Lipinski definition) is 2. The fourth-order valence-electron chi connectivity index (χ4n) is 1.12. The van der Waals surface area contributed by atoms with Crippen LogP contribution in [0.25, 0.3) is 0 Å². The second kappa shape index (κ2) is 5.75. The molecule has 0 spiro atoms. The van der Waals surface area contributed by atoms with Gasteiger partial charge in [-0.05, 0) is 29.0 Å². The summed E-state index contributed by atoms with van der Waals surface area (Å²) in [6.07, 6.45) is 8.15. The summed E-state index contributed by atoms with van der Waals surface area (Å²) >= 11 is 1.96. The summed E-state index contributed by atoms with van der Waals surface area (Å²) in [4.78, 5) is 17.9. The smallest absolute Gasteiger partial charge is 0.266 e. The summed E-state index contributed by atoms with van der Waals surface area (Å²) in [5.41, 5.74) is -0.135. The lowest BCUT2D eigenvalue weighted by atomic mass is 10.1. The zero-order valence-corrected chi connectivity index (χ0v) is 10.5. The van der Waals surface area contributed by atoms with Crippen LogP contribution >= 0.6 is 22.6 Å². The van der Waals surface area contributed by atoms with Gasteiger partial charge in [0.15, 0.2) is 0 Å². The molecule has 4 nitrogen and oxygen atoms in total. The highest BCUT2D eigenvalue weighted by Gasteiger charge is 2.09. The summed E-state index contributed by atoms with van der Waals surface area (Å²) in [7, 11) is 0. The van der Waals surface area contributed by atoms with Crippen LogP contribution in [0.2, 0.25) is 0 Å². The van der Waals surface area contributed by atoms with Crippen molar-refractivity contribution in [2.75, 3.05) is 5.32 Å². The molecular formula is C10H12IN3O. The number of H-pyrrole nitrogens is 1. The first-order valence-electron chi connectivity index (χ1n) is 4.62. The summed E-state index contributed by atoms with van der Waals surface area (Å²) in [6, 6.07) is 0.165. The topological polar surface area (TPSA) is 57.8 Å². The second-order valence-electron chi connectivity index (χ2n) is 3.05. The number of nitrogens with one attached hydrogen (secondary N) is 2. The maximum absolute atomic E-state index is 11.3. The number of aromatic amines is 1. The molecule has 1 aromatic rings. The highest BCUT2D eigenvalue weighted by Crippen LogP contribution is 2.12. The molecule has 5 heteroatoms. The standard InChI is InChI=1S/C10H12IN3O/c1-3-5-7(4-2)14-9-8(11)10(15)13-6-12-9/h1,6-7H,4-5H2,2H3,(H2,12,13,14,15). The summed E-state index contributed by atoms with van der Waals surface area (Å²) < 4.78 is 0.561. The molecule has 1 aromatic heterocycles. The Hall–Kier alpha value is -1.03. The number of terminal acetylenes is 1. The van der Waals surface area contributed by atoms with Gasteiger partial charge < -0.3 is 10.3 Å². The van der Waals surface area contributed by atoms with Crippen molar-refractivity contribution in [3.63, 3.8) is 0 Å². The zero-order chi connectivity index (χ0) is 11.3. The number of hydrogen-bond acceptors (Lipinski definition) is 3. The SMILES string of the molecule is C#CCC(CC)Nc1nc[nH]c(=O)c1I. The van der Waals surface area contributed by atoms with Gasteiger partial charge in [-0.15, -0.1) is 12.3 Å². The largest absolute Gasteiger partial charge is 0.365 e. The normalized spacial score (nSPS) is 11.8. The van der Waals surface area contributed by atoms with Crippen molar-refractivity contribution in [3.05, 3.63) is 20.3 Å². The molecule has 0 aromatic carbocycles. The second-order valence-corrected chi connectivity index (χ2v) is 4.13. The van der Waals surface area contributed by atoms with E-state index >= 15 is 0 Å². The molecule has 0 radical (unpaired) electrons. The van der Waals surface area contributed by atoms with Gasteiger partial charge in [0.2, 0.25) is 0 Å². The Morgan fingerprint density at radius 1 is 1.80 bits per heavy atom. The lowest BCUT2D eigenvalue weighted by molar-refractivity contribution is 0.710. The van der Waals surface area contributed by atoms with E-state index in [0.29, 0.717) is 15.8 Å². The van der Waals surface area contributed by atoms with Gasteiger partial charge in [-0.1, -0.05) is 6.92 Å². The minimum Gasteiger partial charge on any atom is -0.365 e. The molecule has 1 atom stereocenters. The first kappa shape index (κ1) is 12.0. The Labute approximate surface area is 102 Å². The first-order chi connectivity index (χ1) is 7.19. The Balaban J connectivity index is 2.84. The average molecular weight is 317 g/mol. The van der Waals surface area contributed by atoms with Gasteiger partial charge in [-0.25, -0.2) is 4.98 Å². The minimum absolute atomic E-state index is 0.135. The third-order valence-corrected chi connectivity index (χ3v) is 3.00. The fourth-order valence-corrected chi connectivity index (χ4v) is 1.57. The number of aromatic nitrogens is 2. The molecule has 0 fully saturated rings. The Morgan fingerprint density at radius 2 is 2.53 bits per heavy atom. The maximum atomic E-state index is 11.3. The summed E-state index contributed by atoms with van der Waals surface area (Å²) in [5, 5.41) is 3.16. The lowest BCUT2D eigenvalue weighted by Gasteiger charge is -2.15. The quantitative estimate of drug-likeness (QED) is 0.655. The van der Waals surface area contributed by atoms with Crippen LogP contribution in [0.3, 0.4) is 0 Å². The summed E-state index contributed by atoms with van der Waals surface area (Å²) in [5.74, 6) is 3.19. The third-order valence-electron chi connectivity index (χ3n) is 1.99. The van der Waals surface area contributed by atoms with E-state index in [9.17, 15) is 4.79 Å². The minimum atomic E-state index is -0.135. The van der Waals surface area contributed by atoms with E-state index in [4.69, 9.17) is 6.42 Å². The van der Waals surface area contributed by atoms with E-state index in [2.05, 4.69) is 21.2 Å². The van der Waals surface area contributed by atoms with E-state index in [-0.39, 0.29) is 11.6 Å². The molecule has 15 heavy (non-hydrogen) atoms. The van der Waals surface area contributed by atoms with E-state index in [1.807, 2.05) is 29.5 Å². The van der Waals surface area contributed by atoms with Crippen molar-refractivity contribution in [3.8, 4) is 12.3 Å². The average Bonchev–Trinajstić information content (AvgIpc) is 2.24. The van der Waals surface area contributed by atoms with Crippen molar-refractivity contribution >= 4 is 28.4 Å². The van der Waals surface area contributed by atoms with Gasteiger partial charge in [0.25, 0.3) is 5.56 Å². The van der Waals surface area contributed by atoms with Crippen LogP contribution in [-0.4, -0.2) is 16.0 Å². The monoisotopic (exact) mass is 317 g/mol. The van der Waals surface area contributed by atoms with Crippen molar-refractivity contribution in [2.24, 2.45) is 0 Å². The number of anilines is 1. The molecule has 1 unspecified atom stereocenters. The van der Waals surface area contributed by atoms with Crippen LogP contribution in [0.1, 0.15) is 19.8 Å². The molecule has 2 N–H and O–H groups in total. The van der Waals surface area contributed by atoms with Gasteiger partial charge in [-0.2, -0.15) is 0 Å². The molecule has 80 valence electrons. The lowest BCUT2D eigenvalue weighted by Crippen LogP contribution is -2.22. The van der Waals surface area contributed by atoms with Crippen LogP contribution in [0, 0.1) is 15.9 Å². The fraction of sp³-hybridized carbons (Fsp3) is 0.400. The van der Waals surface area contributed by atoms with Gasteiger partial charge in [-0.3, -0.25) is 4.79 Å².